The first-order chi connectivity index (χ1) is 7.71. The highest BCUT2D eigenvalue weighted by Gasteiger charge is 2.33. The molecule has 0 saturated heterocycles. The summed E-state index contributed by atoms with van der Waals surface area (Å²) < 4.78 is 5.28. The SMILES string of the molecule is CC(C)(C)OC(=O)C(C)(N)Cc1ccccn1. The van der Waals surface area contributed by atoms with Gasteiger partial charge >= 0.3 is 5.97 Å². The van der Waals surface area contributed by atoms with Crippen molar-refractivity contribution in [2.45, 2.75) is 45.3 Å². The maximum atomic E-state index is 11.9. The number of carbonyl (C=O) groups is 1. The monoisotopic (exact) mass is 236 g/mol. The maximum Gasteiger partial charge on any atom is 0.326 e. The summed E-state index contributed by atoms with van der Waals surface area (Å²) in [5, 5.41) is 0. The van der Waals surface area contributed by atoms with Crippen LogP contribution < -0.4 is 5.73 Å². The van der Waals surface area contributed by atoms with Crippen LogP contribution in [-0.4, -0.2) is 22.1 Å². The second kappa shape index (κ2) is 4.84. The molecule has 1 atom stereocenters. The zero-order valence-electron chi connectivity index (χ0n) is 10.9. The Morgan fingerprint density at radius 3 is 2.47 bits per heavy atom. The van der Waals surface area contributed by atoms with E-state index in [0.29, 0.717) is 6.42 Å². The number of ether oxygens (including phenoxy) is 1. The summed E-state index contributed by atoms with van der Waals surface area (Å²) in [5.74, 6) is -0.407. The van der Waals surface area contributed by atoms with Crippen LogP contribution in [-0.2, 0) is 16.0 Å². The Kier molecular flexibility index (Phi) is 3.88. The lowest BCUT2D eigenvalue weighted by molar-refractivity contribution is -0.161. The number of hydrogen-bond acceptors (Lipinski definition) is 4. The van der Waals surface area contributed by atoms with Gasteiger partial charge < -0.3 is 10.5 Å². The van der Waals surface area contributed by atoms with E-state index in [0.717, 1.165) is 5.69 Å². The Hall–Kier alpha value is -1.42. The van der Waals surface area contributed by atoms with Gasteiger partial charge in [-0.3, -0.25) is 9.78 Å². The molecule has 1 aromatic rings. The first-order valence-electron chi connectivity index (χ1n) is 5.63. The highest BCUT2D eigenvalue weighted by atomic mass is 16.6. The van der Waals surface area contributed by atoms with E-state index in [4.69, 9.17) is 10.5 Å². The van der Waals surface area contributed by atoms with Crippen LogP contribution in [0.5, 0.6) is 0 Å². The van der Waals surface area contributed by atoms with Crippen molar-refractivity contribution < 1.29 is 9.53 Å². The van der Waals surface area contributed by atoms with Crippen molar-refractivity contribution in [3.05, 3.63) is 30.1 Å². The maximum absolute atomic E-state index is 11.9. The summed E-state index contributed by atoms with van der Waals surface area (Å²) in [6.07, 6.45) is 2.04. The van der Waals surface area contributed by atoms with Gasteiger partial charge in [-0.1, -0.05) is 6.07 Å². The second-order valence-corrected chi connectivity index (χ2v) is 5.42. The lowest BCUT2D eigenvalue weighted by atomic mass is 9.96. The molecule has 0 fully saturated rings. The Balaban J connectivity index is 2.72. The predicted molar refractivity (Wildman–Crippen MR) is 66.4 cm³/mol. The molecule has 4 heteroatoms. The lowest BCUT2D eigenvalue weighted by Crippen LogP contribution is -2.50. The van der Waals surface area contributed by atoms with Gasteiger partial charge in [0.25, 0.3) is 0 Å². The van der Waals surface area contributed by atoms with E-state index < -0.39 is 17.1 Å². The molecule has 0 aliphatic heterocycles. The summed E-state index contributed by atoms with van der Waals surface area (Å²) in [5.41, 5.74) is 5.19. The standard InChI is InChI=1S/C13H20N2O2/c1-12(2,3)17-11(16)13(4,14)9-10-7-5-6-8-15-10/h5-8H,9,14H2,1-4H3. The number of carbonyl (C=O) groups excluding carboxylic acids is 1. The average Bonchev–Trinajstić information content (AvgIpc) is 2.15. The highest BCUT2D eigenvalue weighted by Crippen LogP contribution is 2.15. The fourth-order valence-electron chi connectivity index (χ4n) is 1.35. The summed E-state index contributed by atoms with van der Waals surface area (Å²) in [6, 6.07) is 5.54. The fourth-order valence-corrected chi connectivity index (χ4v) is 1.35. The van der Waals surface area contributed by atoms with Gasteiger partial charge in [0, 0.05) is 18.3 Å². The van der Waals surface area contributed by atoms with E-state index in [-0.39, 0.29) is 0 Å². The van der Waals surface area contributed by atoms with Crippen LogP contribution in [0, 0.1) is 0 Å². The zero-order valence-corrected chi connectivity index (χ0v) is 10.9. The van der Waals surface area contributed by atoms with Gasteiger partial charge in [-0.2, -0.15) is 0 Å². The van der Waals surface area contributed by atoms with Gasteiger partial charge in [0.2, 0.25) is 0 Å². The first-order valence-corrected chi connectivity index (χ1v) is 5.63. The average molecular weight is 236 g/mol. The van der Waals surface area contributed by atoms with Crippen molar-refractivity contribution in [1.82, 2.24) is 4.98 Å². The highest BCUT2D eigenvalue weighted by molar-refractivity contribution is 5.80. The Morgan fingerprint density at radius 1 is 1.35 bits per heavy atom. The van der Waals surface area contributed by atoms with Gasteiger partial charge in [0.15, 0.2) is 0 Å². The molecule has 0 aliphatic rings. The van der Waals surface area contributed by atoms with Gasteiger partial charge in [-0.15, -0.1) is 0 Å². The quantitative estimate of drug-likeness (QED) is 0.811. The van der Waals surface area contributed by atoms with Crippen molar-refractivity contribution in [1.29, 1.82) is 0 Å². The largest absolute Gasteiger partial charge is 0.459 e. The lowest BCUT2D eigenvalue weighted by Gasteiger charge is -2.28. The van der Waals surface area contributed by atoms with Crippen molar-refractivity contribution in [3.63, 3.8) is 0 Å². The van der Waals surface area contributed by atoms with E-state index >= 15 is 0 Å². The number of nitrogens with two attached hydrogens (primary N) is 1. The van der Waals surface area contributed by atoms with Crippen LogP contribution in [0.3, 0.4) is 0 Å². The molecule has 94 valence electrons. The molecule has 0 amide bonds. The van der Waals surface area contributed by atoms with E-state index in [2.05, 4.69) is 4.98 Å². The molecule has 0 saturated carbocycles. The number of aromatic nitrogens is 1. The number of nitrogens with zero attached hydrogens (tertiary/aromatic N) is 1. The molecule has 1 heterocycles. The molecule has 0 spiro atoms. The van der Waals surface area contributed by atoms with Crippen LogP contribution in [0.2, 0.25) is 0 Å². The Bertz CT molecular complexity index is 380. The third-order valence-electron chi connectivity index (χ3n) is 2.14. The summed E-state index contributed by atoms with van der Waals surface area (Å²) in [6.45, 7) is 7.13. The minimum Gasteiger partial charge on any atom is -0.459 e. The minimum absolute atomic E-state index is 0.364. The van der Waals surface area contributed by atoms with Crippen LogP contribution in [0.4, 0.5) is 0 Å². The number of hydrogen-bond donors (Lipinski definition) is 1. The van der Waals surface area contributed by atoms with Gasteiger partial charge in [0.1, 0.15) is 11.1 Å². The van der Waals surface area contributed by atoms with Crippen LogP contribution in [0.1, 0.15) is 33.4 Å². The molecule has 1 rings (SSSR count). The van der Waals surface area contributed by atoms with E-state index in [1.807, 2.05) is 39.0 Å². The topological polar surface area (TPSA) is 65.2 Å². The Labute approximate surface area is 102 Å². The van der Waals surface area contributed by atoms with Crippen LogP contribution in [0.15, 0.2) is 24.4 Å². The molecule has 0 radical (unpaired) electrons. The summed E-state index contributed by atoms with van der Waals surface area (Å²) in [4.78, 5) is 16.1. The van der Waals surface area contributed by atoms with Crippen molar-refractivity contribution in [2.75, 3.05) is 0 Å². The summed E-state index contributed by atoms with van der Waals surface area (Å²) >= 11 is 0. The molecule has 17 heavy (non-hydrogen) atoms. The number of rotatable bonds is 3. The molecule has 2 N–H and O–H groups in total. The van der Waals surface area contributed by atoms with Gasteiger partial charge in [-0.05, 0) is 39.8 Å². The van der Waals surface area contributed by atoms with E-state index in [1.165, 1.54) is 0 Å². The van der Waals surface area contributed by atoms with Crippen molar-refractivity contribution >= 4 is 5.97 Å². The molecule has 1 unspecified atom stereocenters. The van der Waals surface area contributed by atoms with Crippen LogP contribution >= 0.6 is 0 Å². The molecule has 0 aliphatic carbocycles. The fraction of sp³-hybridized carbons (Fsp3) is 0.538. The van der Waals surface area contributed by atoms with E-state index in [9.17, 15) is 4.79 Å². The number of pyridine rings is 1. The molecular weight excluding hydrogens is 216 g/mol. The van der Waals surface area contributed by atoms with Crippen LogP contribution in [0.25, 0.3) is 0 Å². The van der Waals surface area contributed by atoms with Gasteiger partial charge in [0.05, 0.1) is 0 Å². The second-order valence-electron chi connectivity index (χ2n) is 5.42. The van der Waals surface area contributed by atoms with E-state index in [1.54, 1.807) is 13.1 Å². The molecule has 1 aromatic heterocycles. The molecule has 4 nitrogen and oxygen atoms in total. The normalized spacial score (nSPS) is 15.1. The van der Waals surface area contributed by atoms with Crippen molar-refractivity contribution in [3.8, 4) is 0 Å². The zero-order chi connectivity index (χ0) is 13.1. The third-order valence-corrected chi connectivity index (χ3v) is 2.14. The molecular formula is C13H20N2O2. The first kappa shape index (κ1) is 13.6. The molecule has 0 aromatic carbocycles. The summed E-state index contributed by atoms with van der Waals surface area (Å²) in [7, 11) is 0. The third kappa shape index (κ3) is 4.53. The van der Waals surface area contributed by atoms with Gasteiger partial charge in [-0.25, -0.2) is 0 Å². The predicted octanol–water partition coefficient (Wildman–Crippen LogP) is 1.68. The van der Waals surface area contributed by atoms with Crippen molar-refractivity contribution in [2.24, 2.45) is 5.73 Å². The smallest absolute Gasteiger partial charge is 0.326 e. The number of esters is 1. The molecule has 0 bridgehead atoms. The minimum atomic E-state index is -1.05. The Morgan fingerprint density at radius 2 is 2.00 bits per heavy atom.